The van der Waals surface area contributed by atoms with Gasteiger partial charge in [0.2, 0.25) is 0 Å². The molecule has 16 aromatic carbocycles. The Balaban J connectivity index is 0.000000132. The predicted molar refractivity (Wildman–Crippen MR) is 424 cm³/mol. The summed E-state index contributed by atoms with van der Waals surface area (Å²) in [5.74, 6) is 3.52. The van der Waals surface area contributed by atoms with Crippen LogP contribution in [0.25, 0.3) is 99.2 Å². The van der Waals surface area contributed by atoms with Crippen LogP contribution in [0.4, 0.5) is 34.1 Å². The highest BCUT2D eigenvalue weighted by atomic mass is 16.5. The number of furan rings is 3. The van der Waals surface area contributed by atoms with E-state index in [1.165, 1.54) is 44.5 Å². The summed E-state index contributed by atoms with van der Waals surface area (Å²) >= 11 is 0. The summed E-state index contributed by atoms with van der Waals surface area (Å²) in [4.78, 5) is 4.66. The second kappa shape index (κ2) is 22.8. The number of rotatable bonds is 7. The topological polar surface area (TPSA) is 64.4 Å². The molecule has 7 nitrogen and oxygen atoms in total. The first-order chi connectivity index (χ1) is 52.1. The van der Waals surface area contributed by atoms with Crippen LogP contribution >= 0.6 is 0 Å². The van der Waals surface area contributed by atoms with Gasteiger partial charge in [-0.15, -0.1) is 0 Å². The molecule has 0 atom stereocenters. The Morgan fingerprint density at radius 1 is 0.219 bits per heavy atom. The summed E-state index contributed by atoms with van der Waals surface area (Å²) in [5.41, 5.74) is 26.9. The quantitative estimate of drug-likeness (QED) is 0.158. The first-order valence-electron chi connectivity index (χ1n) is 35.8. The summed E-state index contributed by atoms with van der Waals surface area (Å²) in [6, 6.07) is 129. The van der Waals surface area contributed by atoms with Crippen molar-refractivity contribution in [3.8, 4) is 56.4 Å². The average molecular weight is 1350 g/mol. The van der Waals surface area contributed by atoms with Gasteiger partial charge in [0.15, 0.2) is 0 Å². The third kappa shape index (κ3) is 8.43. The third-order valence-electron chi connectivity index (χ3n) is 22.3. The lowest BCUT2D eigenvalue weighted by Crippen LogP contribution is -2.32. The second-order valence-electron chi connectivity index (χ2n) is 27.5. The van der Waals surface area contributed by atoms with Gasteiger partial charge in [-0.1, -0.05) is 255 Å². The Hall–Kier alpha value is -13.9. The maximum absolute atomic E-state index is 7.06. The number of hydrogen-bond acceptors (Lipinski definition) is 7. The molecule has 5 heterocycles. The zero-order valence-electron chi connectivity index (χ0n) is 56.6. The summed E-state index contributed by atoms with van der Waals surface area (Å²) in [6.07, 6.45) is 0. The molecule has 0 N–H and O–H groups in total. The summed E-state index contributed by atoms with van der Waals surface area (Å²) < 4.78 is 33.6. The molecule has 0 saturated heterocycles. The third-order valence-corrected chi connectivity index (χ3v) is 22.3. The minimum Gasteiger partial charge on any atom is -0.457 e. The molecule has 7 heteroatoms. The van der Waals surface area contributed by atoms with E-state index < -0.39 is 10.8 Å². The number of hydrogen-bond donors (Lipinski definition) is 0. The van der Waals surface area contributed by atoms with E-state index in [4.69, 9.17) is 22.7 Å². The van der Waals surface area contributed by atoms with Crippen molar-refractivity contribution in [2.45, 2.75) is 10.8 Å². The molecule has 2 spiro atoms. The monoisotopic (exact) mass is 1340 g/mol. The van der Waals surface area contributed by atoms with E-state index >= 15 is 0 Å². The largest absolute Gasteiger partial charge is 0.457 e. The van der Waals surface area contributed by atoms with E-state index in [1.54, 1.807) is 0 Å². The summed E-state index contributed by atoms with van der Waals surface area (Å²) in [6.45, 7) is 0. The zero-order chi connectivity index (χ0) is 68.9. The fourth-order valence-corrected chi connectivity index (χ4v) is 18.1. The molecule has 2 aliphatic carbocycles. The van der Waals surface area contributed by atoms with Crippen LogP contribution in [-0.2, 0) is 10.8 Å². The normalized spacial score (nSPS) is 13.4. The van der Waals surface area contributed by atoms with Gasteiger partial charge in [-0.05, 0) is 148 Å². The fourth-order valence-electron chi connectivity index (χ4n) is 18.1. The number of ether oxygens (including phenoxy) is 2. The van der Waals surface area contributed by atoms with Gasteiger partial charge in [-0.3, -0.25) is 0 Å². The standard InChI is InChI=1S/C49H29NO3.C49H31NO2/c1-2-13-30(14-3-1)50(31-25-26-33-32-15-5-9-21-41(32)51-45(33)29-31)40-20-12-24-44-47(40)35-27-28-39-46(48(35)53-44)34-16-4-6-17-36(34)49(39)37-18-7-10-22-42(37)52-43-23-11-8-19-38(43)49;1-3-14-32(15-4-1)33-26-28-35(29-27-33)50(34-16-5-2-6-17-34)42-22-13-25-45-47(42)37-30-31-41-46(48(37)52-45)36-18-7-8-19-38(36)49(41)39-20-9-11-23-43(39)51-44-24-12-10-21-40(44)49/h1-29H;1-31H. The van der Waals surface area contributed by atoms with Gasteiger partial charge in [0.1, 0.15) is 56.5 Å². The van der Waals surface area contributed by atoms with Crippen LogP contribution in [-0.4, -0.2) is 0 Å². The van der Waals surface area contributed by atoms with Gasteiger partial charge < -0.3 is 32.5 Å². The van der Waals surface area contributed by atoms with E-state index in [9.17, 15) is 0 Å². The maximum atomic E-state index is 7.06. The van der Waals surface area contributed by atoms with E-state index in [0.717, 1.165) is 156 Å². The summed E-state index contributed by atoms with van der Waals surface area (Å²) in [5, 5.41) is 6.52. The Morgan fingerprint density at radius 3 is 1.08 bits per heavy atom. The van der Waals surface area contributed by atoms with E-state index in [1.807, 2.05) is 12.1 Å². The Kier molecular flexibility index (Phi) is 12.8. The Labute approximate surface area is 604 Å². The smallest absolute Gasteiger partial charge is 0.143 e. The number of anilines is 6. The van der Waals surface area contributed by atoms with E-state index in [2.05, 4.69) is 362 Å². The Bertz CT molecular complexity index is 6660. The molecule has 105 heavy (non-hydrogen) atoms. The van der Waals surface area contributed by atoms with Gasteiger partial charge in [0.05, 0.1) is 33.0 Å². The molecule has 23 rings (SSSR count). The minimum absolute atomic E-state index is 0.552. The van der Waals surface area contributed by atoms with Crippen molar-refractivity contribution in [2.24, 2.45) is 0 Å². The van der Waals surface area contributed by atoms with Crippen molar-refractivity contribution in [3.63, 3.8) is 0 Å². The predicted octanol–water partition coefficient (Wildman–Crippen LogP) is 26.6. The first kappa shape index (κ1) is 58.9. The number of nitrogens with zero attached hydrogens (tertiary/aromatic N) is 2. The van der Waals surface area contributed by atoms with Gasteiger partial charge >= 0.3 is 0 Å². The molecule has 4 aliphatic rings. The van der Waals surface area contributed by atoms with Crippen molar-refractivity contribution in [3.05, 3.63) is 408 Å². The van der Waals surface area contributed by atoms with Crippen LogP contribution in [0.2, 0.25) is 0 Å². The van der Waals surface area contributed by atoms with E-state index in [-0.39, 0.29) is 0 Å². The Morgan fingerprint density at radius 2 is 0.581 bits per heavy atom. The van der Waals surface area contributed by atoms with Gasteiger partial charge in [-0.25, -0.2) is 0 Å². The molecular weight excluding hydrogens is 1290 g/mol. The van der Waals surface area contributed by atoms with Gasteiger partial charge in [0.25, 0.3) is 0 Å². The molecule has 0 saturated carbocycles. The highest BCUT2D eigenvalue weighted by Gasteiger charge is 2.54. The van der Waals surface area contributed by atoms with Gasteiger partial charge in [-0.2, -0.15) is 0 Å². The van der Waals surface area contributed by atoms with Crippen molar-refractivity contribution in [2.75, 3.05) is 9.80 Å². The lowest BCUT2D eigenvalue weighted by Gasteiger charge is -2.39. The highest BCUT2D eigenvalue weighted by Crippen LogP contribution is 2.66. The molecule has 0 bridgehead atoms. The average Bonchev–Trinajstić information content (AvgIpc) is 1.53. The molecule has 0 amide bonds. The molecular formula is C98H60N2O5. The van der Waals surface area contributed by atoms with Crippen molar-refractivity contribution in [1.82, 2.24) is 0 Å². The zero-order valence-corrected chi connectivity index (χ0v) is 56.6. The molecule has 0 fully saturated rings. The molecule has 0 unspecified atom stereocenters. The van der Waals surface area contributed by atoms with Crippen LogP contribution in [0, 0.1) is 0 Å². The first-order valence-corrected chi connectivity index (χ1v) is 35.8. The second-order valence-corrected chi connectivity index (χ2v) is 27.5. The van der Waals surface area contributed by atoms with Gasteiger partial charge in [0, 0.05) is 83.7 Å². The number of benzene rings is 16. The maximum Gasteiger partial charge on any atom is 0.143 e. The van der Waals surface area contributed by atoms with Crippen LogP contribution in [0.3, 0.4) is 0 Å². The minimum atomic E-state index is -0.564. The van der Waals surface area contributed by atoms with Crippen LogP contribution in [0.15, 0.2) is 377 Å². The van der Waals surface area contributed by atoms with E-state index in [0.29, 0.717) is 0 Å². The van der Waals surface area contributed by atoms with Crippen molar-refractivity contribution in [1.29, 1.82) is 0 Å². The lowest BCUT2D eigenvalue weighted by atomic mass is 9.66. The van der Waals surface area contributed by atoms with Crippen molar-refractivity contribution >= 4 is 99.9 Å². The lowest BCUT2D eigenvalue weighted by molar-refractivity contribution is 0.436. The van der Waals surface area contributed by atoms with Crippen LogP contribution in [0.1, 0.15) is 44.5 Å². The fraction of sp³-hybridized carbons (Fsp3) is 0.0204. The number of fused-ring (bicyclic) bond motifs is 29. The van der Waals surface area contributed by atoms with Crippen LogP contribution in [0.5, 0.6) is 23.0 Å². The highest BCUT2D eigenvalue weighted by molar-refractivity contribution is 6.20. The number of para-hydroxylation sites is 7. The van der Waals surface area contributed by atoms with Crippen molar-refractivity contribution < 1.29 is 22.7 Å². The molecule has 492 valence electrons. The molecule has 3 aromatic heterocycles. The van der Waals surface area contributed by atoms with Crippen LogP contribution < -0.4 is 19.3 Å². The SMILES string of the molecule is c1ccc(-c2ccc(N(c3ccccc3)c3cccc4oc5c6c(ccc5c34)C3(c4ccccc4Oc4ccccc43)c3ccccc3-6)cc2)cc1.c1ccc(N(c2ccc3c(c2)oc2ccccc23)c2cccc3oc4c5c(ccc4c23)C2(c3ccccc3Oc3ccccc32)c2ccccc2-5)cc1. The summed E-state index contributed by atoms with van der Waals surface area (Å²) in [7, 11) is 0. The molecule has 2 aliphatic heterocycles. The molecule has 0 radical (unpaired) electrons. The molecule has 19 aromatic rings.